The number of hydrogen-bond donors (Lipinski definition) is 0. The Balaban J connectivity index is 1.88. The van der Waals surface area contributed by atoms with Crippen molar-refractivity contribution >= 4 is 22.9 Å². The van der Waals surface area contributed by atoms with Crippen molar-refractivity contribution in [3.05, 3.63) is 71.2 Å². The van der Waals surface area contributed by atoms with Crippen LogP contribution in [0.5, 0.6) is 0 Å². The third-order valence-corrected chi connectivity index (χ3v) is 5.74. The summed E-state index contributed by atoms with van der Waals surface area (Å²) in [5.74, 6) is 0.0196. The topological polar surface area (TPSA) is 40.6 Å². The molecule has 3 rings (SSSR count). The SMILES string of the molecule is CN(C(=O)C(C)(C)C1=CC=C=C=C1)[C@@H]1CN(C(=O)Cl)C[C@H]1c1ccccc1. The number of rotatable bonds is 4. The van der Waals surface area contributed by atoms with Gasteiger partial charge < -0.3 is 9.80 Å². The predicted octanol–water partition coefficient (Wildman–Crippen LogP) is 4.10. The molecular weight excluding hydrogens is 360 g/mol. The van der Waals surface area contributed by atoms with Crippen LogP contribution in [0.15, 0.2) is 65.6 Å². The van der Waals surface area contributed by atoms with E-state index in [-0.39, 0.29) is 17.9 Å². The summed E-state index contributed by atoms with van der Waals surface area (Å²) in [6, 6.07) is 9.83. The lowest BCUT2D eigenvalue weighted by Gasteiger charge is -2.36. The van der Waals surface area contributed by atoms with Crippen molar-refractivity contribution < 1.29 is 9.59 Å². The molecule has 27 heavy (non-hydrogen) atoms. The molecule has 2 atom stereocenters. The van der Waals surface area contributed by atoms with E-state index in [1.165, 1.54) is 0 Å². The molecule has 0 N–H and O–H groups in total. The van der Waals surface area contributed by atoms with E-state index < -0.39 is 10.8 Å². The number of nitrogens with zero attached hydrogens (tertiary/aromatic N) is 2. The minimum Gasteiger partial charge on any atom is -0.340 e. The van der Waals surface area contributed by atoms with Gasteiger partial charge in [0.15, 0.2) is 0 Å². The highest BCUT2D eigenvalue weighted by Crippen LogP contribution is 2.36. The highest BCUT2D eigenvalue weighted by Gasteiger charge is 2.43. The van der Waals surface area contributed by atoms with Crippen LogP contribution in [0.4, 0.5) is 4.79 Å². The zero-order valence-corrected chi connectivity index (χ0v) is 16.5. The second kappa shape index (κ2) is 7.62. The fourth-order valence-electron chi connectivity index (χ4n) is 3.80. The van der Waals surface area contributed by atoms with Gasteiger partial charge in [-0.2, -0.15) is 0 Å². The van der Waals surface area contributed by atoms with Crippen molar-refractivity contribution in [2.75, 3.05) is 20.1 Å². The monoisotopic (exact) mass is 382 g/mol. The van der Waals surface area contributed by atoms with E-state index in [1.54, 1.807) is 22.0 Å². The first kappa shape index (κ1) is 19.3. The van der Waals surface area contributed by atoms with Gasteiger partial charge in [0.05, 0.1) is 11.5 Å². The lowest BCUT2D eigenvalue weighted by Crippen LogP contribution is -2.47. The molecule has 1 aromatic rings. The Hall–Kier alpha value is -2.51. The summed E-state index contributed by atoms with van der Waals surface area (Å²) in [5.41, 5.74) is 7.07. The molecule has 0 bridgehead atoms. The van der Waals surface area contributed by atoms with Crippen LogP contribution in [0, 0.1) is 5.41 Å². The third-order valence-electron chi connectivity index (χ3n) is 5.50. The van der Waals surface area contributed by atoms with Crippen molar-refractivity contribution in [1.82, 2.24) is 9.80 Å². The van der Waals surface area contributed by atoms with Gasteiger partial charge in [-0.15, -0.1) is 0 Å². The summed E-state index contributed by atoms with van der Waals surface area (Å²) in [6.07, 6.45) is 5.45. The van der Waals surface area contributed by atoms with Crippen molar-refractivity contribution in [2.45, 2.75) is 25.8 Å². The summed E-state index contributed by atoms with van der Waals surface area (Å²) in [7, 11) is 1.81. The van der Waals surface area contributed by atoms with Gasteiger partial charge in [-0.1, -0.05) is 41.8 Å². The number of hydrogen-bond acceptors (Lipinski definition) is 2. The summed E-state index contributed by atoms with van der Waals surface area (Å²) in [5, 5.41) is -0.480. The molecule has 0 spiro atoms. The maximum Gasteiger partial charge on any atom is 0.316 e. The molecule has 4 nitrogen and oxygen atoms in total. The molecule has 0 unspecified atom stereocenters. The van der Waals surface area contributed by atoms with E-state index in [0.29, 0.717) is 13.1 Å². The van der Waals surface area contributed by atoms with E-state index in [4.69, 9.17) is 11.6 Å². The molecule has 0 radical (unpaired) electrons. The molecule has 2 amide bonds. The first-order valence-corrected chi connectivity index (χ1v) is 9.35. The molecule has 1 aliphatic carbocycles. The maximum absolute atomic E-state index is 13.4. The summed E-state index contributed by atoms with van der Waals surface area (Å²) in [6.45, 7) is 4.75. The Morgan fingerprint density at radius 2 is 1.89 bits per heavy atom. The summed E-state index contributed by atoms with van der Waals surface area (Å²) < 4.78 is 0. The first-order valence-electron chi connectivity index (χ1n) is 8.97. The van der Waals surface area contributed by atoms with Crippen molar-refractivity contribution in [3.63, 3.8) is 0 Å². The summed E-state index contributed by atoms with van der Waals surface area (Å²) in [4.78, 5) is 28.5. The molecule has 5 heteroatoms. The first-order chi connectivity index (χ1) is 12.8. The van der Waals surface area contributed by atoms with Crippen molar-refractivity contribution in [1.29, 1.82) is 0 Å². The lowest BCUT2D eigenvalue weighted by molar-refractivity contribution is -0.139. The van der Waals surface area contributed by atoms with E-state index in [2.05, 4.69) is 11.5 Å². The van der Waals surface area contributed by atoms with Gasteiger partial charge in [0, 0.05) is 26.1 Å². The van der Waals surface area contributed by atoms with Crippen LogP contribution in [-0.4, -0.2) is 47.3 Å². The molecule has 1 saturated heterocycles. The predicted molar refractivity (Wildman–Crippen MR) is 107 cm³/mol. The van der Waals surface area contributed by atoms with E-state index in [9.17, 15) is 9.59 Å². The third kappa shape index (κ3) is 3.79. The van der Waals surface area contributed by atoms with E-state index >= 15 is 0 Å². The van der Waals surface area contributed by atoms with E-state index in [1.807, 2.05) is 57.3 Å². The Morgan fingerprint density at radius 3 is 2.48 bits per heavy atom. The summed E-state index contributed by atoms with van der Waals surface area (Å²) >= 11 is 5.75. The van der Waals surface area contributed by atoms with Gasteiger partial charge in [-0.25, -0.2) is 0 Å². The number of likely N-dealkylation sites (tertiary alicyclic amines) is 1. The molecule has 2 aliphatic rings. The number of carbonyl (C=O) groups excluding carboxylic acids is 2. The molecule has 0 saturated carbocycles. The van der Waals surface area contributed by atoms with Crippen LogP contribution in [0.25, 0.3) is 0 Å². The molecule has 0 aromatic heterocycles. The minimum absolute atomic E-state index is 0.00287. The minimum atomic E-state index is -0.708. The number of allylic oxidation sites excluding steroid dienone is 3. The fourth-order valence-corrected chi connectivity index (χ4v) is 3.94. The van der Waals surface area contributed by atoms with Crippen molar-refractivity contribution in [2.24, 2.45) is 5.41 Å². The smallest absolute Gasteiger partial charge is 0.316 e. The van der Waals surface area contributed by atoms with Crippen LogP contribution < -0.4 is 0 Å². The second-order valence-electron chi connectivity index (χ2n) is 7.51. The van der Waals surface area contributed by atoms with Crippen LogP contribution in [-0.2, 0) is 4.79 Å². The molecule has 1 aromatic carbocycles. The molecule has 140 valence electrons. The Morgan fingerprint density at radius 1 is 1.19 bits per heavy atom. The number of amides is 2. The van der Waals surface area contributed by atoms with Gasteiger partial charge in [0.2, 0.25) is 5.91 Å². The molecule has 1 fully saturated rings. The van der Waals surface area contributed by atoms with E-state index in [0.717, 1.165) is 11.1 Å². The fraction of sp³-hybridized carbons (Fsp3) is 0.364. The zero-order chi connectivity index (χ0) is 19.6. The van der Waals surface area contributed by atoms with Crippen LogP contribution >= 0.6 is 11.6 Å². The Labute approximate surface area is 165 Å². The lowest BCUT2D eigenvalue weighted by atomic mass is 9.81. The Bertz CT molecular complexity index is 875. The molecule has 1 aliphatic heterocycles. The van der Waals surface area contributed by atoms with Crippen LogP contribution in [0.3, 0.4) is 0 Å². The average Bonchev–Trinajstić information content (AvgIpc) is 3.14. The van der Waals surface area contributed by atoms with Gasteiger partial charge in [0.1, 0.15) is 0 Å². The van der Waals surface area contributed by atoms with Crippen molar-refractivity contribution in [3.8, 4) is 0 Å². The number of likely N-dealkylation sites (N-methyl/N-ethyl adjacent to an activating group) is 1. The van der Waals surface area contributed by atoms with Gasteiger partial charge in [-0.3, -0.25) is 9.59 Å². The normalized spacial score (nSPS) is 21.3. The highest BCUT2D eigenvalue weighted by molar-refractivity contribution is 6.62. The van der Waals surface area contributed by atoms with Crippen LogP contribution in [0.2, 0.25) is 0 Å². The highest BCUT2D eigenvalue weighted by atomic mass is 35.5. The maximum atomic E-state index is 13.4. The quantitative estimate of drug-likeness (QED) is 0.447. The average molecular weight is 383 g/mol. The molecular formula is C22H23ClN2O2. The standard InChI is InChI=1S/C22H23ClN2O2/c1-22(2,17-12-8-5-9-13-17)20(26)24(3)19-15-25(21(23)27)14-18(19)16-10-6-4-7-11-16/h4,6-8,10-13,18-19H,14-15H2,1-3H3/t18-,19+/m0/s1. The van der Waals surface area contributed by atoms with Gasteiger partial charge >= 0.3 is 5.37 Å². The van der Waals surface area contributed by atoms with Gasteiger partial charge in [-0.05, 0) is 54.8 Å². The number of halogens is 1. The number of carbonyl (C=O) groups is 2. The largest absolute Gasteiger partial charge is 0.340 e. The van der Waals surface area contributed by atoms with Gasteiger partial charge in [0.25, 0.3) is 0 Å². The number of benzene rings is 1. The molecule has 1 heterocycles. The zero-order valence-electron chi connectivity index (χ0n) is 15.8. The second-order valence-corrected chi connectivity index (χ2v) is 7.83. The van der Waals surface area contributed by atoms with Crippen LogP contribution in [0.1, 0.15) is 25.3 Å². The Kier molecular flexibility index (Phi) is 5.43.